The first-order valence-corrected chi connectivity index (χ1v) is 10.5. The summed E-state index contributed by atoms with van der Waals surface area (Å²) in [6.07, 6.45) is 4.69. The number of nitrogens with zero attached hydrogens (tertiary/aromatic N) is 3. The monoisotopic (exact) mass is 376 g/mol. The average molecular weight is 376 g/mol. The summed E-state index contributed by atoms with van der Waals surface area (Å²) >= 11 is 0. The van der Waals surface area contributed by atoms with E-state index in [2.05, 4.69) is 15.2 Å². The molecule has 1 N–H and O–H groups in total. The van der Waals surface area contributed by atoms with Crippen LogP contribution in [-0.2, 0) is 27.7 Å². The normalized spacial score (nSPS) is 17.9. The van der Waals surface area contributed by atoms with Crippen molar-refractivity contribution < 1.29 is 13.2 Å². The molecule has 8 heteroatoms. The molecule has 1 amide bonds. The maximum absolute atomic E-state index is 12.6. The topological polar surface area (TPSA) is 84.3 Å². The first-order valence-electron chi connectivity index (χ1n) is 8.56. The predicted molar refractivity (Wildman–Crippen MR) is 98.2 cm³/mol. The van der Waals surface area contributed by atoms with Gasteiger partial charge in [0.1, 0.15) is 6.04 Å². The van der Waals surface area contributed by atoms with Crippen LogP contribution in [0.1, 0.15) is 31.1 Å². The second-order valence-corrected chi connectivity index (χ2v) is 9.07. The van der Waals surface area contributed by atoms with Gasteiger partial charge in [-0.1, -0.05) is 12.1 Å². The zero-order valence-electron chi connectivity index (χ0n) is 15.2. The Morgan fingerprint density at radius 2 is 2.00 bits per heavy atom. The maximum atomic E-state index is 12.6. The summed E-state index contributed by atoms with van der Waals surface area (Å²) in [7, 11) is -3.19. The van der Waals surface area contributed by atoms with Crippen molar-refractivity contribution in [1.29, 1.82) is 0 Å². The minimum Gasteiger partial charge on any atom is -0.352 e. The van der Waals surface area contributed by atoms with Crippen molar-refractivity contribution >= 4 is 15.7 Å². The molecule has 0 radical (unpaired) electrons. The highest BCUT2D eigenvalue weighted by molar-refractivity contribution is 7.90. The van der Waals surface area contributed by atoms with Crippen LogP contribution in [0.4, 0.5) is 0 Å². The largest absolute Gasteiger partial charge is 0.352 e. The van der Waals surface area contributed by atoms with E-state index in [0.717, 1.165) is 11.3 Å². The van der Waals surface area contributed by atoms with Crippen molar-refractivity contribution in [3.05, 3.63) is 48.0 Å². The summed E-state index contributed by atoms with van der Waals surface area (Å²) in [5.74, 6) is -0.0172. The number of hydrogen-bond acceptors (Lipinski definition) is 5. The number of carbonyl (C=O) groups is 1. The van der Waals surface area contributed by atoms with Crippen LogP contribution in [0.3, 0.4) is 0 Å². The molecule has 7 nitrogen and oxygen atoms in total. The quantitative estimate of drug-likeness (QED) is 0.852. The Labute approximate surface area is 154 Å². The second-order valence-electron chi connectivity index (χ2n) is 7.06. The van der Waals surface area contributed by atoms with Crippen molar-refractivity contribution in [2.24, 2.45) is 0 Å². The summed E-state index contributed by atoms with van der Waals surface area (Å²) in [4.78, 5) is 19.2. The number of hydrogen-bond donors (Lipinski definition) is 1. The molecule has 1 atom stereocenters. The Bertz CT molecular complexity index is 887. The second kappa shape index (κ2) is 7.20. The number of carbonyl (C=O) groups excluding carboxylic acids is 1. The van der Waals surface area contributed by atoms with E-state index in [1.165, 1.54) is 6.26 Å². The number of fused-ring (bicyclic) bond motifs is 1. The van der Waals surface area contributed by atoms with Crippen molar-refractivity contribution in [3.63, 3.8) is 0 Å². The van der Waals surface area contributed by atoms with Gasteiger partial charge in [-0.05, 0) is 31.5 Å². The van der Waals surface area contributed by atoms with Crippen molar-refractivity contribution in [3.8, 4) is 0 Å². The summed E-state index contributed by atoms with van der Waals surface area (Å²) in [6.45, 7) is 5.79. The van der Waals surface area contributed by atoms with E-state index in [1.54, 1.807) is 24.7 Å². The molecule has 0 saturated heterocycles. The Morgan fingerprint density at radius 3 is 2.62 bits per heavy atom. The molecule has 3 rings (SSSR count). The van der Waals surface area contributed by atoms with Gasteiger partial charge in [-0.2, -0.15) is 0 Å². The number of rotatable bonds is 5. The highest BCUT2D eigenvalue weighted by atomic mass is 32.2. The molecule has 0 saturated carbocycles. The lowest BCUT2D eigenvalue weighted by molar-refractivity contribution is -0.126. The SMILES string of the molecule is CC(C)NC(=O)[C@@H]1CN(Cc2ccc(S(C)(=O)=O)cc2)Cc2cncn21. The lowest BCUT2D eigenvalue weighted by Crippen LogP contribution is -2.45. The fourth-order valence-corrected chi connectivity index (χ4v) is 3.80. The minimum absolute atomic E-state index is 0.0172. The molecule has 0 aliphatic carbocycles. The molecule has 0 unspecified atom stereocenters. The third-order valence-electron chi connectivity index (χ3n) is 4.39. The van der Waals surface area contributed by atoms with Crippen LogP contribution in [0.2, 0.25) is 0 Å². The van der Waals surface area contributed by atoms with E-state index in [0.29, 0.717) is 24.5 Å². The zero-order valence-corrected chi connectivity index (χ0v) is 16.0. The summed E-state index contributed by atoms with van der Waals surface area (Å²) in [6, 6.07) is 6.66. The van der Waals surface area contributed by atoms with Crippen LogP contribution in [-0.4, -0.2) is 47.6 Å². The van der Waals surface area contributed by atoms with Gasteiger partial charge in [-0.3, -0.25) is 9.69 Å². The molecule has 1 aliphatic rings. The van der Waals surface area contributed by atoms with E-state index in [1.807, 2.05) is 30.5 Å². The van der Waals surface area contributed by atoms with E-state index in [-0.39, 0.29) is 18.0 Å². The van der Waals surface area contributed by atoms with Gasteiger partial charge in [-0.15, -0.1) is 0 Å². The smallest absolute Gasteiger partial charge is 0.244 e. The number of nitrogens with one attached hydrogen (secondary N) is 1. The average Bonchev–Trinajstić information content (AvgIpc) is 3.01. The predicted octanol–water partition coefficient (Wildman–Crippen LogP) is 1.37. The molecule has 1 aromatic heterocycles. The van der Waals surface area contributed by atoms with Crippen molar-refractivity contribution in [2.45, 2.75) is 43.9 Å². The van der Waals surface area contributed by atoms with Crippen LogP contribution in [0.15, 0.2) is 41.7 Å². The highest BCUT2D eigenvalue weighted by Crippen LogP contribution is 2.23. The van der Waals surface area contributed by atoms with Crippen LogP contribution >= 0.6 is 0 Å². The molecule has 2 heterocycles. The van der Waals surface area contributed by atoms with E-state index in [4.69, 9.17) is 0 Å². The van der Waals surface area contributed by atoms with Crippen LogP contribution in [0, 0.1) is 0 Å². The molecule has 0 spiro atoms. The van der Waals surface area contributed by atoms with Gasteiger partial charge in [-0.25, -0.2) is 13.4 Å². The Kier molecular flexibility index (Phi) is 5.15. The molecule has 1 aliphatic heterocycles. The van der Waals surface area contributed by atoms with E-state index < -0.39 is 9.84 Å². The Morgan fingerprint density at radius 1 is 1.31 bits per heavy atom. The molecule has 0 bridgehead atoms. The molecule has 26 heavy (non-hydrogen) atoms. The summed E-state index contributed by atoms with van der Waals surface area (Å²) < 4.78 is 25.1. The molecule has 1 aromatic carbocycles. The third kappa shape index (κ3) is 4.13. The zero-order chi connectivity index (χ0) is 18.9. The van der Waals surface area contributed by atoms with Gasteiger partial charge >= 0.3 is 0 Å². The fourth-order valence-electron chi connectivity index (χ4n) is 3.17. The third-order valence-corrected chi connectivity index (χ3v) is 5.52. The van der Waals surface area contributed by atoms with Crippen molar-refractivity contribution in [2.75, 3.05) is 12.8 Å². The molecule has 140 valence electrons. The lowest BCUT2D eigenvalue weighted by atomic mass is 10.1. The highest BCUT2D eigenvalue weighted by Gasteiger charge is 2.30. The molecule has 0 fully saturated rings. The van der Waals surface area contributed by atoms with Gasteiger partial charge in [0, 0.05) is 38.1 Å². The number of sulfone groups is 1. The standard InChI is InChI=1S/C18H24N4O3S/c1-13(2)20-18(23)17-11-21(10-15-8-19-12-22(15)17)9-14-4-6-16(7-5-14)26(3,24)25/h4-8,12-13,17H,9-11H2,1-3H3,(H,20,23)/t17-/m0/s1. The lowest BCUT2D eigenvalue weighted by Gasteiger charge is -2.34. The number of imidazole rings is 1. The Balaban J connectivity index is 1.76. The Hall–Kier alpha value is -2.19. The van der Waals surface area contributed by atoms with Gasteiger partial charge in [0.2, 0.25) is 5.91 Å². The maximum Gasteiger partial charge on any atom is 0.244 e. The first kappa shape index (κ1) is 18.6. The molecule has 2 aromatic rings. The van der Waals surface area contributed by atoms with Gasteiger partial charge in [0.25, 0.3) is 0 Å². The van der Waals surface area contributed by atoms with Gasteiger partial charge in [0.05, 0.1) is 16.9 Å². The van der Waals surface area contributed by atoms with E-state index >= 15 is 0 Å². The summed E-state index contributed by atoms with van der Waals surface area (Å²) in [5.41, 5.74) is 2.00. The van der Waals surface area contributed by atoms with E-state index in [9.17, 15) is 13.2 Å². The number of benzene rings is 1. The molecular weight excluding hydrogens is 352 g/mol. The van der Waals surface area contributed by atoms with Crippen molar-refractivity contribution in [1.82, 2.24) is 19.8 Å². The number of aromatic nitrogens is 2. The minimum atomic E-state index is -3.19. The number of amides is 1. The van der Waals surface area contributed by atoms with Gasteiger partial charge < -0.3 is 9.88 Å². The van der Waals surface area contributed by atoms with Gasteiger partial charge in [0.15, 0.2) is 9.84 Å². The van der Waals surface area contributed by atoms with Crippen LogP contribution in [0.25, 0.3) is 0 Å². The fraction of sp³-hybridized carbons (Fsp3) is 0.444. The van der Waals surface area contributed by atoms with Crippen LogP contribution in [0.5, 0.6) is 0 Å². The van der Waals surface area contributed by atoms with Crippen LogP contribution < -0.4 is 5.32 Å². The summed E-state index contributed by atoms with van der Waals surface area (Å²) in [5, 5.41) is 2.97. The molecular formula is C18H24N4O3S. The first-order chi connectivity index (χ1) is 12.2.